The van der Waals surface area contributed by atoms with Crippen molar-refractivity contribution in [2.24, 2.45) is 0 Å². The predicted molar refractivity (Wildman–Crippen MR) is 86.2 cm³/mol. The number of imidazole rings is 1. The van der Waals surface area contributed by atoms with E-state index in [1.807, 2.05) is 0 Å². The molecule has 3 rings (SSSR count). The number of anilines is 1. The number of aromatic amines is 2. The van der Waals surface area contributed by atoms with Crippen LogP contribution in [0.2, 0.25) is 0 Å². The smallest absolute Gasteiger partial charge is 0.323 e. The molecule has 1 heterocycles. The first kappa shape index (κ1) is 16.4. The van der Waals surface area contributed by atoms with Crippen molar-refractivity contribution in [2.75, 3.05) is 11.9 Å². The van der Waals surface area contributed by atoms with Gasteiger partial charge in [0.05, 0.1) is 17.6 Å². The Morgan fingerprint density at radius 3 is 2.36 bits per heavy atom. The lowest BCUT2D eigenvalue weighted by Crippen LogP contribution is -2.32. The normalized spacial score (nSPS) is 10.6. The summed E-state index contributed by atoms with van der Waals surface area (Å²) in [5.41, 5.74) is 0.926. The Kier molecular flexibility index (Phi) is 4.29. The summed E-state index contributed by atoms with van der Waals surface area (Å²) in [6.07, 6.45) is 0. The minimum atomic E-state index is -0.886. The monoisotopic (exact) mass is 346 g/mol. The number of carbonyl (C=O) groups excluding carboxylic acids is 2. The number of nitrogens with one attached hydrogen (secondary N) is 4. The standard InChI is InChI=1S/C16H12F2N4O3/c17-9-3-8(4-10(18)5-9)15(24)19-7-14(23)20-11-1-2-12-13(6-11)22-16(25)21-12/h1-6H,7H2,(H,19,24)(H,20,23)(H2,21,22,25). The number of rotatable bonds is 4. The maximum absolute atomic E-state index is 13.1. The van der Waals surface area contributed by atoms with Gasteiger partial charge in [0.1, 0.15) is 11.6 Å². The molecule has 7 nitrogen and oxygen atoms in total. The average Bonchev–Trinajstić information content (AvgIpc) is 2.91. The minimum absolute atomic E-state index is 0.225. The van der Waals surface area contributed by atoms with Crippen LogP contribution < -0.4 is 16.3 Å². The molecule has 0 fully saturated rings. The number of amides is 2. The van der Waals surface area contributed by atoms with Crippen LogP contribution in [0.4, 0.5) is 14.5 Å². The molecule has 0 radical (unpaired) electrons. The van der Waals surface area contributed by atoms with Gasteiger partial charge < -0.3 is 20.6 Å². The summed E-state index contributed by atoms with van der Waals surface area (Å²) in [5.74, 6) is -3.09. The Bertz CT molecular complexity index is 1010. The van der Waals surface area contributed by atoms with E-state index in [2.05, 4.69) is 20.6 Å². The third-order valence-electron chi connectivity index (χ3n) is 3.33. The molecular formula is C16H12F2N4O3. The number of fused-ring (bicyclic) bond motifs is 1. The molecule has 25 heavy (non-hydrogen) atoms. The van der Waals surface area contributed by atoms with Crippen LogP contribution in [0.3, 0.4) is 0 Å². The van der Waals surface area contributed by atoms with E-state index >= 15 is 0 Å². The quantitative estimate of drug-likeness (QED) is 0.575. The van der Waals surface area contributed by atoms with Gasteiger partial charge in [0.2, 0.25) is 5.91 Å². The second-order valence-corrected chi connectivity index (χ2v) is 5.23. The molecular weight excluding hydrogens is 334 g/mol. The van der Waals surface area contributed by atoms with Gasteiger partial charge in [0.25, 0.3) is 5.91 Å². The van der Waals surface area contributed by atoms with Crippen LogP contribution in [0.25, 0.3) is 11.0 Å². The molecule has 0 saturated heterocycles. The summed E-state index contributed by atoms with van der Waals surface area (Å²) in [6, 6.07) is 7.11. The van der Waals surface area contributed by atoms with Crippen LogP contribution in [-0.2, 0) is 4.79 Å². The van der Waals surface area contributed by atoms with Gasteiger partial charge in [0.15, 0.2) is 0 Å². The predicted octanol–water partition coefficient (Wildman–Crippen LogP) is 1.50. The zero-order valence-corrected chi connectivity index (χ0v) is 12.7. The Labute approximate surface area is 139 Å². The minimum Gasteiger partial charge on any atom is -0.343 e. The highest BCUT2D eigenvalue weighted by Gasteiger charge is 2.11. The summed E-state index contributed by atoms with van der Waals surface area (Å²) in [6.45, 7) is -0.390. The van der Waals surface area contributed by atoms with E-state index in [9.17, 15) is 23.2 Å². The van der Waals surface area contributed by atoms with Crippen LogP contribution in [0, 0.1) is 11.6 Å². The van der Waals surface area contributed by atoms with Gasteiger partial charge in [-0.1, -0.05) is 0 Å². The van der Waals surface area contributed by atoms with Gasteiger partial charge >= 0.3 is 5.69 Å². The third kappa shape index (κ3) is 3.89. The SMILES string of the molecule is O=C(CNC(=O)c1cc(F)cc(F)c1)Nc1ccc2[nH]c(=O)[nH]c2c1. The van der Waals surface area contributed by atoms with Crippen LogP contribution in [0.1, 0.15) is 10.4 Å². The number of hydrogen-bond acceptors (Lipinski definition) is 3. The summed E-state index contributed by atoms with van der Waals surface area (Å²) in [5, 5.41) is 4.80. The second kappa shape index (κ2) is 6.56. The van der Waals surface area contributed by atoms with Gasteiger partial charge in [-0.25, -0.2) is 13.6 Å². The largest absolute Gasteiger partial charge is 0.343 e. The topological polar surface area (TPSA) is 107 Å². The number of benzene rings is 2. The van der Waals surface area contributed by atoms with E-state index in [1.165, 1.54) is 0 Å². The molecule has 1 aromatic heterocycles. The van der Waals surface area contributed by atoms with Gasteiger partial charge in [0, 0.05) is 17.3 Å². The van der Waals surface area contributed by atoms with Crippen LogP contribution >= 0.6 is 0 Å². The van der Waals surface area contributed by atoms with E-state index in [1.54, 1.807) is 18.2 Å². The highest BCUT2D eigenvalue weighted by Crippen LogP contribution is 2.14. The van der Waals surface area contributed by atoms with Gasteiger partial charge in [-0.2, -0.15) is 0 Å². The van der Waals surface area contributed by atoms with E-state index in [4.69, 9.17) is 0 Å². The fourth-order valence-electron chi connectivity index (χ4n) is 2.26. The van der Waals surface area contributed by atoms with E-state index in [0.29, 0.717) is 22.8 Å². The van der Waals surface area contributed by atoms with Gasteiger partial charge in [-0.15, -0.1) is 0 Å². The lowest BCUT2D eigenvalue weighted by atomic mass is 10.2. The highest BCUT2D eigenvalue weighted by molar-refractivity contribution is 5.99. The summed E-state index contributed by atoms with van der Waals surface area (Å²) >= 11 is 0. The Balaban J connectivity index is 1.61. The van der Waals surface area contributed by atoms with Gasteiger partial charge in [-0.05, 0) is 30.3 Å². The van der Waals surface area contributed by atoms with Crippen molar-refractivity contribution in [1.82, 2.24) is 15.3 Å². The summed E-state index contributed by atoms with van der Waals surface area (Å²) in [7, 11) is 0. The molecule has 0 aliphatic heterocycles. The molecule has 3 aromatic rings. The first-order chi connectivity index (χ1) is 11.9. The molecule has 0 aliphatic carbocycles. The zero-order chi connectivity index (χ0) is 18.0. The Morgan fingerprint density at radius 2 is 1.64 bits per heavy atom. The van der Waals surface area contributed by atoms with Crippen LogP contribution in [0.15, 0.2) is 41.2 Å². The maximum atomic E-state index is 13.1. The molecule has 9 heteroatoms. The number of aromatic nitrogens is 2. The van der Waals surface area contributed by atoms with Gasteiger partial charge in [-0.3, -0.25) is 9.59 Å². The fourth-order valence-corrected chi connectivity index (χ4v) is 2.26. The highest BCUT2D eigenvalue weighted by atomic mass is 19.1. The average molecular weight is 346 g/mol. The first-order valence-electron chi connectivity index (χ1n) is 7.17. The first-order valence-corrected chi connectivity index (χ1v) is 7.17. The Hall–Kier alpha value is -3.49. The Morgan fingerprint density at radius 1 is 0.960 bits per heavy atom. The van der Waals surface area contributed by atoms with E-state index in [0.717, 1.165) is 12.1 Å². The summed E-state index contributed by atoms with van der Waals surface area (Å²) < 4.78 is 26.2. The number of H-pyrrole nitrogens is 2. The second-order valence-electron chi connectivity index (χ2n) is 5.23. The molecule has 0 bridgehead atoms. The lowest BCUT2D eigenvalue weighted by molar-refractivity contribution is -0.115. The van der Waals surface area contributed by atoms with Crippen LogP contribution in [-0.4, -0.2) is 28.3 Å². The van der Waals surface area contributed by atoms with Crippen LogP contribution in [0.5, 0.6) is 0 Å². The third-order valence-corrected chi connectivity index (χ3v) is 3.33. The molecule has 0 spiro atoms. The van der Waals surface area contributed by atoms with Crippen molar-refractivity contribution >= 4 is 28.5 Å². The van der Waals surface area contributed by atoms with Crippen molar-refractivity contribution in [3.05, 3.63) is 64.1 Å². The molecule has 2 amide bonds. The number of carbonyl (C=O) groups is 2. The van der Waals surface area contributed by atoms with Crippen molar-refractivity contribution in [3.63, 3.8) is 0 Å². The molecule has 0 unspecified atom stereocenters. The van der Waals surface area contributed by atoms with Crippen molar-refractivity contribution in [1.29, 1.82) is 0 Å². The molecule has 4 N–H and O–H groups in total. The number of halogens is 2. The molecule has 0 atom stereocenters. The zero-order valence-electron chi connectivity index (χ0n) is 12.7. The van der Waals surface area contributed by atoms with Crippen molar-refractivity contribution in [2.45, 2.75) is 0 Å². The molecule has 2 aromatic carbocycles. The molecule has 0 aliphatic rings. The number of hydrogen-bond donors (Lipinski definition) is 4. The van der Waals surface area contributed by atoms with Crippen molar-refractivity contribution < 1.29 is 18.4 Å². The fraction of sp³-hybridized carbons (Fsp3) is 0.0625. The maximum Gasteiger partial charge on any atom is 0.323 e. The van der Waals surface area contributed by atoms with Crippen molar-refractivity contribution in [3.8, 4) is 0 Å². The van der Waals surface area contributed by atoms with E-state index in [-0.39, 0.29) is 11.3 Å². The molecule has 128 valence electrons. The molecule has 0 saturated carbocycles. The van der Waals surface area contributed by atoms with E-state index < -0.39 is 30.0 Å². The summed E-state index contributed by atoms with van der Waals surface area (Å²) in [4.78, 5) is 40.0. The lowest BCUT2D eigenvalue weighted by Gasteiger charge is -2.07.